The fraction of sp³-hybridized carbons (Fsp3) is 0.236. The van der Waals surface area contributed by atoms with Crippen molar-refractivity contribution < 1.29 is 43.0 Å². The van der Waals surface area contributed by atoms with Crippen LogP contribution < -0.4 is 50.4 Å². The number of Topliss-reactive ketones (excluding diaryl/α,β-unsaturated/α-hetero) is 3. The van der Waals surface area contributed by atoms with E-state index in [4.69, 9.17) is 48.6 Å². The molecule has 0 bridgehead atoms. The van der Waals surface area contributed by atoms with E-state index in [9.17, 15) is 28.8 Å². The fourth-order valence-corrected chi connectivity index (χ4v) is 7.82. The first-order chi connectivity index (χ1) is 35.2. The van der Waals surface area contributed by atoms with Crippen LogP contribution in [0.5, 0.6) is 0 Å². The van der Waals surface area contributed by atoms with Gasteiger partial charge in [0.05, 0.1) is 18.1 Å². The van der Waals surface area contributed by atoms with E-state index in [1.54, 1.807) is 36.4 Å². The molecular formula is C55H62ClN9O9. The number of carbonyl (C=O) groups is 6. The lowest BCUT2D eigenvalue weighted by atomic mass is 9.81. The monoisotopic (exact) mass is 1030 g/mol. The molecule has 0 saturated carbocycles. The van der Waals surface area contributed by atoms with Crippen LogP contribution in [0, 0.1) is 0 Å². The molecule has 0 radical (unpaired) electrons. The molecule has 6 aromatic carbocycles. The molecule has 18 nitrogen and oxygen atoms in total. The Morgan fingerprint density at radius 2 is 0.649 bits per heavy atom. The first-order valence-corrected chi connectivity index (χ1v) is 23.6. The number of amides is 3. The van der Waals surface area contributed by atoms with Gasteiger partial charge in [-0.3, -0.25) is 14.4 Å². The third-order valence-electron chi connectivity index (χ3n) is 11.9. The van der Waals surface area contributed by atoms with E-state index in [1.807, 2.05) is 91.0 Å². The summed E-state index contributed by atoms with van der Waals surface area (Å²) in [6.07, 6.45) is -1.64. The van der Waals surface area contributed by atoms with Crippen molar-refractivity contribution in [1.29, 1.82) is 0 Å². The zero-order valence-corrected chi connectivity index (χ0v) is 41.4. The standard InChI is InChI=1S/C55H61N9O9.ClH/c56-43(22-25-62-53(68)71-31-34-10-4-1-5-11-34)50(65)37-16-19-40(46(59)28-37)49(41-20-17-38(29-47(41)60)51(66)44(57)23-26-63-54(69)72-32-35-12-6-2-7-13-35)42-21-18-39(30-48(42)61)52(67)45(58)24-27-64-55(70)73-33-36-14-8-3-9-15-36;/h1-21,28-30,43-45,49H,22-27,31-33,56-61H2,(H,62,68)(H,63,69)(H,64,70);1H/t43-,44-,45-;/m0./s1. The molecule has 0 fully saturated rings. The molecule has 0 aliphatic heterocycles. The molecule has 0 aromatic heterocycles. The quantitative estimate of drug-likeness (QED) is 0.0135. The van der Waals surface area contributed by atoms with E-state index in [0.717, 1.165) is 16.7 Å². The van der Waals surface area contributed by atoms with Crippen LogP contribution in [-0.2, 0) is 34.0 Å². The maximum Gasteiger partial charge on any atom is 0.407 e. The maximum atomic E-state index is 13.6. The number of ether oxygens (including phenoxy) is 3. The van der Waals surface area contributed by atoms with Gasteiger partial charge in [-0.15, -0.1) is 12.4 Å². The van der Waals surface area contributed by atoms with Crippen molar-refractivity contribution in [3.05, 3.63) is 196 Å². The van der Waals surface area contributed by atoms with Crippen molar-refractivity contribution in [3.63, 3.8) is 0 Å². The van der Waals surface area contributed by atoms with Crippen molar-refractivity contribution in [2.45, 2.75) is 63.1 Å². The lowest BCUT2D eigenvalue weighted by Crippen LogP contribution is -2.36. The van der Waals surface area contributed by atoms with Crippen LogP contribution in [0.3, 0.4) is 0 Å². The minimum absolute atomic E-state index is 0. The molecule has 0 heterocycles. The lowest BCUT2D eigenvalue weighted by Gasteiger charge is -2.25. The van der Waals surface area contributed by atoms with E-state index < -0.39 is 59.7 Å². The first-order valence-electron chi connectivity index (χ1n) is 23.6. The topological polar surface area (TPSA) is 322 Å². The second kappa shape index (κ2) is 28.1. The Bertz CT molecular complexity index is 2550. The molecule has 0 saturated heterocycles. The number of halogens is 1. The highest BCUT2D eigenvalue weighted by molar-refractivity contribution is 6.02. The summed E-state index contributed by atoms with van der Waals surface area (Å²) in [6.45, 7) is 0.462. The predicted octanol–water partition coefficient (Wildman–Crippen LogP) is 6.51. The number of nitrogens with one attached hydrogen (secondary N) is 3. The fourth-order valence-electron chi connectivity index (χ4n) is 7.82. The Balaban J connectivity index is 0.0000101. The van der Waals surface area contributed by atoms with Crippen molar-refractivity contribution in [1.82, 2.24) is 16.0 Å². The smallest absolute Gasteiger partial charge is 0.407 e. The summed E-state index contributed by atoms with van der Waals surface area (Å²) < 4.78 is 15.7. The number of nitrogen functional groups attached to an aromatic ring is 3. The second-order valence-electron chi connectivity index (χ2n) is 17.2. The van der Waals surface area contributed by atoms with Gasteiger partial charge in [0.15, 0.2) is 17.3 Å². The number of hydrogen-bond donors (Lipinski definition) is 9. The van der Waals surface area contributed by atoms with E-state index in [1.165, 1.54) is 18.2 Å². The van der Waals surface area contributed by atoms with Gasteiger partial charge >= 0.3 is 18.3 Å². The van der Waals surface area contributed by atoms with Gasteiger partial charge in [-0.25, -0.2) is 14.4 Å². The average molecular weight is 1030 g/mol. The minimum atomic E-state index is -0.997. The molecular weight excluding hydrogens is 966 g/mol. The highest BCUT2D eigenvalue weighted by atomic mass is 35.5. The zero-order chi connectivity index (χ0) is 52.3. The van der Waals surface area contributed by atoms with Gasteiger partial charge in [-0.05, 0) is 70.8 Å². The minimum Gasteiger partial charge on any atom is -0.445 e. The number of anilines is 3. The van der Waals surface area contributed by atoms with Gasteiger partial charge in [-0.1, -0.05) is 127 Å². The Labute approximate surface area is 435 Å². The van der Waals surface area contributed by atoms with Crippen molar-refractivity contribution in [3.8, 4) is 0 Å². The molecule has 388 valence electrons. The van der Waals surface area contributed by atoms with Crippen LogP contribution in [0.2, 0.25) is 0 Å². The molecule has 0 spiro atoms. The third-order valence-corrected chi connectivity index (χ3v) is 11.9. The summed E-state index contributed by atoms with van der Waals surface area (Å²) in [5.41, 5.74) is 44.2. The predicted molar refractivity (Wildman–Crippen MR) is 285 cm³/mol. The largest absolute Gasteiger partial charge is 0.445 e. The number of hydrogen-bond acceptors (Lipinski definition) is 15. The number of rotatable bonds is 24. The second-order valence-corrected chi connectivity index (χ2v) is 17.2. The van der Waals surface area contributed by atoms with E-state index in [2.05, 4.69) is 16.0 Å². The van der Waals surface area contributed by atoms with Crippen molar-refractivity contribution in [2.75, 3.05) is 36.8 Å². The maximum absolute atomic E-state index is 13.6. The first kappa shape index (κ1) is 56.6. The Morgan fingerprint density at radius 3 is 0.892 bits per heavy atom. The van der Waals surface area contributed by atoms with Gasteiger partial charge in [0, 0.05) is 59.3 Å². The van der Waals surface area contributed by atoms with Crippen molar-refractivity contribution in [2.24, 2.45) is 17.2 Å². The van der Waals surface area contributed by atoms with Crippen LogP contribution in [0.1, 0.15) is 89.6 Å². The summed E-state index contributed by atoms with van der Waals surface area (Å²) in [5, 5.41) is 7.84. The molecule has 0 unspecified atom stereocenters. The number of benzene rings is 6. The highest BCUT2D eigenvalue weighted by Gasteiger charge is 2.28. The molecule has 74 heavy (non-hydrogen) atoms. The number of carbonyl (C=O) groups excluding carboxylic acids is 6. The Morgan fingerprint density at radius 1 is 0.392 bits per heavy atom. The Hall–Kier alpha value is -8.29. The van der Waals surface area contributed by atoms with Crippen LogP contribution in [0.15, 0.2) is 146 Å². The average Bonchev–Trinajstić information content (AvgIpc) is 3.40. The van der Waals surface area contributed by atoms with Gasteiger partial charge in [0.2, 0.25) is 0 Å². The summed E-state index contributed by atoms with van der Waals surface area (Å²) in [4.78, 5) is 77.6. The normalized spacial score (nSPS) is 12.0. The van der Waals surface area contributed by atoms with E-state index >= 15 is 0 Å². The SMILES string of the molecule is Cl.Nc1cc(C(=O)[C@@H](N)CCNC(=O)OCc2ccccc2)ccc1C(c1ccc(C(=O)[C@@H](N)CCNC(=O)OCc2ccccc2)cc1N)c1ccc(C(=O)[C@@H](N)CCNC(=O)OCc2ccccc2)cc1N. The van der Waals surface area contributed by atoms with Crippen LogP contribution in [0.4, 0.5) is 31.4 Å². The van der Waals surface area contributed by atoms with Crippen LogP contribution in [-0.4, -0.2) is 73.4 Å². The highest BCUT2D eigenvalue weighted by Crippen LogP contribution is 2.41. The van der Waals surface area contributed by atoms with E-state index in [0.29, 0.717) is 16.7 Å². The van der Waals surface area contributed by atoms with Gasteiger partial charge < -0.3 is 64.6 Å². The summed E-state index contributed by atoms with van der Waals surface area (Å²) in [5.74, 6) is -2.09. The van der Waals surface area contributed by atoms with Crippen LogP contribution in [0.25, 0.3) is 0 Å². The molecule has 6 rings (SSSR count). The molecule has 0 aliphatic rings. The van der Waals surface area contributed by atoms with Gasteiger partial charge in [0.1, 0.15) is 19.8 Å². The summed E-state index contributed by atoms with van der Waals surface area (Å²) in [6, 6.07) is 38.7. The lowest BCUT2D eigenvalue weighted by molar-refractivity contribution is 0.0948. The number of alkyl carbamates (subject to hydrolysis) is 3. The van der Waals surface area contributed by atoms with Crippen molar-refractivity contribution >= 4 is 65.1 Å². The summed E-state index contributed by atoms with van der Waals surface area (Å²) in [7, 11) is 0. The molecule has 15 N–H and O–H groups in total. The van der Waals surface area contributed by atoms with Crippen LogP contribution >= 0.6 is 12.4 Å². The van der Waals surface area contributed by atoms with E-state index in [-0.39, 0.29) is 105 Å². The summed E-state index contributed by atoms with van der Waals surface area (Å²) >= 11 is 0. The van der Waals surface area contributed by atoms with Gasteiger partial charge in [-0.2, -0.15) is 0 Å². The third kappa shape index (κ3) is 16.4. The number of nitrogens with two attached hydrogens (primary N) is 6. The molecule has 3 atom stereocenters. The molecule has 3 amide bonds. The molecule has 0 aliphatic carbocycles. The molecule has 19 heteroatoms. The zero-order valence-electron chi connectivity index (χ0n) is 40.6. The molecule has 6 aromatic rings. The number of ketones is 3. The van der Waals surface area contributed by atoms with Gasteiger partial charge in [0.25, 0.3) is 0 Å². The Kier molecular flexibility index (Phi) is 21.5.